The molecule has 8 heteroatoms. The Morgan fingerprint density at radius 1 is 0.829 bits per heavy atom. The average molecular weight is 538 g/mol. The number of hydrogen-bond acceptors (Lipinski definition) is 6. The number of carboxylic acids is 1. The fourth-order valence-corrected chi connectivity index (χ4v) is 6.26. The molecular weight excluding hydrogens is 483 g/mol. The molecule has 4 atom stereocenters. The van der Waals surface area contributed by atoms with Crippen LogP contribution in [0, 0.1) is 0 Å². The van der Waals surface area contributed by atoms with E-state index in [0.29, 0.717) is 6.42 Å². The zero-order valence-corrected chi connectivity index (χ0v) is 24.7. The van der Waals surface area contributed by atoms with Gasteiger partial charge in [0.2, 0.25) is 0 Å². The molecule has 35 heavy (non-hydrogen) atoms. The number of thioether (sulfide) groups is 1. The van der Waals surface area contributed by atoms with Crippen LogP contribution in [0.15, 0.2) is 0 Å². The lowest BCUT2D eigenvalue weighted by molar-refractivity contribution is -0.203. The summed E-state index contributed by atoms with van der Waals surface area (Å²) in [5, 5.41) is 20.1. The van der Waals surface area contributed by atoms with Gasteiger partial charge in [0.1, 0.15) is 6.61 Å². The van der Waals surface area contributed by atoms with Crippen molar-refractivity contribution < 1.29 is 28.8 Å². The molecule has 0 aliphatic rings. The standard InChI is InChI=1S/C27H53O6PS/c1-5-8-10-12-13-14-15-16-18-20-23-35-25(21-19-17-11-9-6-2)24(4)33-27(30,26(28)29)34(31)32-22-7-3/h24-25,30H,5-23H2,1-4H3/p+1. The maximum Gasteiger partial charge on any atom is 0.589 e. The van der Waals surface area contributed by atoms with Crippen LogP contribution in [0.5, 0.6) is 0 Å². The molecule has 0 aliphatic heterocycles. The zero-order chi connectivity index (χ0) is 26.4. The minimum absolute atomic E-state index is 0.0376. The SMILES string of the molecule is CCCCCCCCCCCCSC(CCCCCCC)C(C)OC(O)(C(=O)O)[P+](=O)OCCC. The van der Waals surface area contributed by atoms with E-state index in [1.54, 1.807) is 18.7 Å². The van der Waals surface area contributed by atoms with Gasteiger partial charge in [0.25, 0.3) is 0 Å². The number of carbonyl (C=O) groups is 1. The molecule has 0 rings (SSSR count). The van der Waals surface area contributed by atoms with Gasteiger partial charge >= 0.3 is 19.5 Å². The van der Waals surface area contributed by atoms with Gasteiger partial charge in [0.15, 0.2) is 0 Å². The van der Waals surface area contributed by atoms with Crippen molar-refractivity contribution in [2.24, 2.45) is 0 Å². The third-order valence-electron chi connectivity index (χ3n) is 6.23. The molecule has 0 spiro atoms. The van der Waals surface area contributed by atoms with Crippen LogP contribution in [0.2, 0.25) is 0 Å². The van der Waals surface area contributed by atoms with Crippen LogP contribution in [-0.2, 0) is 18.6 Å². The van der Waals surface area contributed by atoms with E-state index in [-0.39, 0.29) is 11.9 Å². The molecule has 0 saturated heterocycles. The van der Waals surface area contributed by atoms with Crippen molar-refractivity contribution in [3.8, 4) is 0 Å². The number of ether oxygens (including phenoxy) is 1. The Bertz CT molecular complexity index is 536. The van der Waals surface area contributed by atoms with Gasteiger partial charge in [-0.3, -0.25) is 4.74 Å². The van der Waals surface area contributed by atoms with Gasteiger partial charge in [-0.25, -0.2) is 4.79 Å². The topological polar surface area (TPSA) is 93.1 Å². The van der Waals surface area contributed by atoms with Crippen molar-refractivity contribution in [3.63, 3.8) is 0 Å². The van der Waals surface area contributed by atoms with Crippen LogP contribution in [0.3, 0.4) is 0 Å². The molecule has 6 nitrogen and oxygen atoms in total. The molecule has 0 aliphatic carbocycles. The van der Waals surface area contributed by atoms with E-state index in [9.17, 15) is 19.6 Å². The first-order valence-electron chi connectivity index (χ1n) is 14.2. The minimum Gasteiger partial charge on any atom is -0.474 e. The molecule has 0 saturated carbocycles. The maximum atomic E-state index is 12.4. The monoisotopic (exact) mass is 537 g/mol. The average Bonchev–Trinajstić information content (AvgIpc) is 2.83. The van der Waals surface area contributed by atoms with Crippen molar-refractivity contribution in [1.82, 2.24) is 0 Å². The first-order valence-corrected chi connectivity index (χ1v) is 16.4. The van der Waals surface area contributed by atoms with Gasteiger partial charge in [0, 0.05) is 5.25 Å². The van der Waals surface area contributed by atoms with Crippen molar-refractivity contribution in [2.75, 3.05) is 12.4 Å². The largest absolute Gasteiger partial charge is 0.589 e. The van der Waals surface area contributed by atoms with E-state index >= 15 is 0 Å². The first kappa shape index (κ1) is 34.8. The summed E-state index contributed by atoms with van der Waals surface area (Å²) in [6.45, 7) is 8.15. The Morgan fingerprint density at radius 3 is 1.80 bits per heavy atom. The summed E-state index contributed by atoms with van der Waals surface area (Å²) in [5.74, 6) is -0.684. The number of carboxylic acid groups (broad SMARTS) is 1. The van der Waals surface area contributed by atoms with E-state index in [1.807, 2.05) is 6.92 Å². The Hall–Kier alpha value is -0.200. The van der Waals surface area contributed by atoms with Gasteiger partial charge in [0.05, 0.1) is 6.10 Å². The molecule has 0 bridgehead atoms. The van der Waals surface area contributed by atoms with Crippen LogP contribution in [-0.4, -0.2) is 45.4 Å². The normalized spacial score (nSPS) is 15.5. The fraction of sp³-hybridized carbons (Fsp3) is 0.963. The molecule has 0 radical (unpaired) electrons. The Balaban J connectivity index is 4.64. The minimum atomic E-state index is -2.91. The first-order chi connectivity index (χ1) is 16.8. The number of rotatable bonds is 26. The number of aliphatic hydroxyl groups is 1. The number of aliphatic carboxylic acids is 1. The van der Waals surface area contributed by atoms with Gasteiger partial charge in [-0.2, -0.15) is 11.8 Å². The smallest absolute Gasteiger partial charge is 0.474 e. The number of hydrogen-bond donors (Lipinski definition) is 2. The third-order valence-corrected chi connectivity index (χ3v) is 9.01. The molecule has 4 unspecified atom stereocenters. The molecule has 0 fully saturated rings. The van der Waals surface area contributed by atoms with E-state index in [1.165, 1.54) is 77.0 Å². The maximum absolute atomic E-state index is 12.4. The summed E-state index contributed by atoms with van der Waals surface area (Å²) < 4.78 is 23.0. The lowest BCUT2D eigenvalue weighted by atomic mass is 10.1. The lowest BCUT2D eigenvalue weighted by Crippen LogP contribution is -2.43. The summed E-state index contributed by atoms with van der Waals surface area (Å²) >= 11 is 1.79. The van der Waals surface area contributed by atoms with Gasteiger partial charge < -0.3 is 10.2 Å². The molecule has 0 aromatic rings. The predicted molar refractivity (Wildman–Crippen MR) is 148 cm³/mol. The second-order valence-electron chi connectivity index (χ2n) is 9.62. The molecule has 0 amide bonds. The second-order valence-corrected chi connectivity index (χ2v) is 12.3. The van der Waals surface area contributed by atoms with Crippen LogP contribution in [0.1, 0.15) is 137 Å². The Kier molecular flexibility index (Phi) is 22.8. The van der Waals surface area contributed by atoms with E-state index < -0.39 is 25.6 Å². The molecule has 0 aromatic heterocycles. The highest BCUT2D eigenvalue weighted by molar-refractivity contribution is 7.99. The predicted octanol–water partition coefficient (Wildman–Crippen LogP) is 8.67. The number of unbranched alkanes of at least 4 members (excludes halogenated alkanes) is 13. The van der Waals surface area contributed by atoms with Crippen LogP contribution < -0.4 is 0 Å². The zero-order valence-electron chi connectivity index (χ0n) is 23.0. The van der Waals surface area contributed by atoms with Crippen molar-refractivity contribution in [1.29, 1.82) is 0 Å². The quantitative estimate of drug-likeness (QED) is 0.0647. The summed E-state index contributed by atoms with van der Waals surface area (Å²) in [6, 6.07) is 0. The molecule has 0 heterocycles. The highest BCUT2D eigenvalue weighted by Crippen LogP contribution is 2.42. The fourth-order valence-electron chi connectivity index (χ4n) is 4.00. The summed E-state index contributed by atoms with van der Waals surface area (Å²) in [7, 11) is -2.91. The van der Waals surface area contributed by atoms with E-state index in [0.717, 1.165) is 31.4 Å². The van der Waals surface area contributed by atoms with Gasteiger partial charge in [-0.05, 0) is 36.5 Å². The third kappa shape index (κ3) is 17.0. The van der Waals surface area contributed by atoms with Crippen molar-refractivity contribution >= 4 is 25.8 Å². The van der Waals surface area contributed by atoms with Crippen molar-refractivity contribution in [2.45, 2.75) is 154 Å². The molecule has 208 valence electrons. The summed E-state index contributed by atoms with van der Waals surface area (Å²) in [4.78, 5) is 11.7. The molecule has 2 N–H and O–H groups in total. The lowest BCUT2D eigenvalue weighted by Gasteiger charge is -2.26. The second kappa shape index (κ2) is 23.0. The van der Waals surface area contributed by atoms with Crippen LogP contribution >= 0.6 is 19.8 Å². The van der Waals surface area contributed by atoms with Gasteiger partial charge in [-0.1, -0.05) is 111 Å². The van der Waals surface area contributed by atoms with Crippen molar-refractivity contribution in [3.05, 3.63) is 0 Å². The highest BCUT2D eigenvalue weighted by Gasteiger charge is 2.61. The van der Waals surface area contributed by atoms with Crippen LogP contribution in [0.25, 0.3) is 0 Å². The summed E-state index contributed by atoms with van der Waals surface area (Å²) in [6.07, 6.45) is 19.6. The Labute approximate surface area is 220 Å². The highest BCUT2D eigenvalue weighted by atomic mass is 32.2. The molecule has 0 aromatic carbocycles. The van der Waals surface area contributed by atoms with E-state index in [4.69, 9.17) is 9.26 Å². The molecular formula is C27H54O6PS+. The summed E-state index contributed by atoms with van der Waals surface area (Å²) in [5.41, 5.74) is -2.82. The Morgan fingerprint density at radius 2 is 1.31 bits per heavy atom. The van der Waals surface area contributed by atoms with E-state index in [2.05, 4.69) is 13.8 Å². The van der Waals surface area contributed by atoms with Crippen LogP contribution in [0.4, 0.5) is 0 Å². The van der Waals surface area contributed by atoms with Gasteiger partial charge in [-0.15, -0.1) is 4.52 Å².